The van der Waals surface area contributed by atoms with Gasteiger partial charge >= 0.3 is 0 Å². The lowest BCUT2D eigenvalue weighted by molar-refractivity contribution is -0.143. The van der Waals surface area contributed by atoms with Crippen molar-refractivity contribution in [3.05, 3.63) is 63.6 Å². The molecular formula is C27H30N2O3. The number of hydrogen-bond acceptors (Lipinski definition) is 3. The number of likely N-dealkylation sites (tertiary alicyclic amines) is 1. The first-order valence-electron chi connectivity index (χ1n) is 10.8. The number of pyridine rings is 1. The fraction of sp³-hybridized carbons (Fsp3) is 0.407. The van der Waals surface area contributed by atoms with Gasteiger partial charge in [-0.1, -0.05) is 37.8 Å². The average molecular weight is 431 g/mol. The van der Waals surface area contributed by atoms with Gasteiger partial charge in [-0.25, -0.2) is 0 Å². The average Bonchev–Trinajstić information content (AvgIpc) is 3.58. The van der Waals surface area contributed by atoms with E-state index < -0.39 is 0 Å². The Kier molecular flexibility index (Phi) is 7.11. The van der Waals surface area contributed by atoms with Crippen molar-refractivity contribution in [2.24, 2.45) is 11.3 Å². The molecule has 2 fully saturated rings. The number of ether oxygens (including phenoxy) is 1. The minimum absolute atomic E-state index is 0.0394. The van der Waals surface area contributed by atoms with Crippen LogP contribution in [0.4, 0.5) is 0 Å². The third-order valence-electron chi connectivity index (χ3n) is 5.55. The molecule has 5 nitrogen and oxygen atoms in total. The van der Waals surface area contributed by atoms with E-state index in [0.717, 1.165) is 29.9 Å². The van der Waals surface area contributed by atoms with Gasteiger partial charge in [0.25, 0.3) is 11.5 Å². The highest BCUT2D eigenvalue weighted by atomic mass is 16.5. The SMILES string of the molecule is C#C.Cc1cc(OCC(=O)N2CC(C)(C)C2)cc(=O)n1Cc1ccc(C#CC2CC2)cc1. The number of carbonyl (C=O) groups excluding carboxylic acids is 1. The smallest absolute Gasteiger partial charge is 0.260 e. The second-order valence-corrected chi connectivity index (χ2v) is 9.20. The Hall–Kier alpha value is -3.44. The summed E-state index contributed by atoms with van der Waals surface area (Å²) in [6.45, 7) is 8.10. The second-order valence-electron chi connectivity index (χ2n) is 9.20. The van der Waals surface area contributed by atoms with Gasteiger partial charge in [0.2, 0.25) is 0 Å². The summed E-state index contributed by atoms with van der Waals surface area (Å²) >= 11 is 0. The summed E-state index contributed by atoms with van der Waals surface area (Å²) in [5.74, 6) is 7.44. The van der Waals surface area contributed by atoms with Crippen LogP contribution in [0.1, 0.15) is 43.5 Å². The van der Waals surface area contributed by atoms with Crippen LogP contribution >= 0.6 is 0 Å². The molecule has 1 aliphatic carbocycles. The fourth-order valence-electron chi connectivity index (χ4n) is 3.67. The number of hydrogen-bond donors (Lipinski definition) is 0. The predicted octanol–water partition coefficient (Wildman–Crippen LogP) is 3.46. The molecule has 2 aromatic rings. The van der Waals surface area contributed by atoms with Crippen LogP contribution < -0.4 is 10.3 Å². The van der Waals surface area contributed by atoms with Crippen LogP contribution in [-0.4, -0.2) is 35.1 Å². The van der Waals surface area contributed by atoms with Crippen LogP contribution in [-0.2, 0) is 11.3 Å². The van der Waals surface area contributed by atoms with E-state index in [1.807, 2.05) is 37.3 Å². The van der Waals surface area contributed by atoms with E-state index >= 15 is 0 Å². The van der Waals surface area contributed by atoms with Gasteiger partial charge in [-0.05, 0) is 48.9 Å². The van der Waals surface area contributed by atoms with Gasteiger partial charge in [0, 0.05) is 36.3 Å². The van der Waals surface area contributed by atoms with E-state index in [4.69, 9.17) is 4.74 Å². The maximum absolute atomic E-state index is 12.6. The molecule has 1 aromatic heterocycles. The fourth-order valence-corrected chi connectivity index (χ4v) is 3.67. The standard InChI is InChI=1S/C25H28N2O3.C2H2/c1-18-12-22(30-15-24(29)26-16-25(2,3)17-26)13-23(28)27(18)14-21-10-8-20(9-11-21)7-6-19-4-5-19;1-2/h8-13,19H,4-5,14-17H2,1-3H3;1-2H. The van der Waals surface area contributed by atoms with E-state index in [2.05, 4.69) is 38.5 Å². The molecule has 1 saturated heterocycles. The van der Waals surface area contributed by atoms with Crippen LogP contribution in [0.3, 0.4) is 0 Å². The molecule has 1 aliphatic heterocycles. The summed E-state index contributed by atoms with van der Waals surface area (Å²) in [6.07, 6.45) is 10.4. The third-order valence-corrected chi connectivity index (χ3v) is 5.55. The molecule has 32 heavy (non-hydrogen) atoms. The predicted molar refractivity (Wildman–Crippen MR) is 126 cm³/mol. The molecule has 1 saturated carbocycles. The molecular weight excluding hydrogens is 400 g/mol. The highest BCUT2D eigenvalue weighted by Gasteiger charge is 2.37. The van der Waals surface area contributed by atoms with Gasteiger partial charge in [-0.15, -0.1) is 12.8 Å². The molecule has 0 unspecified atom stereocenters. The molecule has 5 heteroatoms. The van der Waals surface area contributed by atoms with Crippen LogP contribution in [0.15, 0.2) is 41.2 Å². The van der Waals surface area contributed by atoms with E-state index in [1.165, 1.54) is 18.9 Å². The zero-order valence-electron chi connectivity index (χ0n) is 19.1. The van der Waals surface area contributed by atoms with Crippen molar-refractivity contribution in [2.45, 2.75) is 40.2 Å². The maximum Gasteiger partial charge on any atom is 0.260 e. The van der Waals surface area contributed by atoms with Gasteiger partial charge < -0.3 is 14.2 Å². The summed E-state index contributed by atoms with van der Waals surface area (Å²) in [7, 11) is 0. The summed E-state index contributed by atoms with van der Waals surface area (Å²) in [5, 5.41) is 0. The minimum atomic E-state index is -0.139. The summed E-state index contributed by atoms with van der Waals surface area (Å²) in [6, 6.07) is 11.3. The van der Waals surface area contributed by atoms with Gasteiger partial charge in [0.1, 0.15) is 5.75 Å². The number of aryl methyl sites for hydroxylation is 1. The monoisotopic (exact) mass is 430 g/mol. The normalized spacial score (nSPS) is 16.0. The lowest BCUT2D eigenvalue weighted by Gasteiger charge is -2.45. The molecule has 0 bridgehead atoms. The number of carbonyl (C=O) groups is 1. The molecule has 1 amide bonds. The van der Waals surface area contributed by atoms with Gasteiger partial charge in [-0.2, -0.15) is 0 Å². The molecule has 1 aromatic carbocycles. The zero-order chi connectivity index (χ0) is 23.3. The Labute approximate surface area is 190 Å². The molecule has 0 spiro atoms. The van der Waals surface area contributed by atoms with Crippen molar-refractivity contribution in [1.29, 1.82) is 0 Å². The number of aromatic nitrogens is 1. The lowest BCUT2D eigenvalue weighted by Crippen LogP contribution is -2.56. The van der Waals surface area contributed by atoms with E-state index in [9.17, 15) is 9.59 Å². The highest BCUT2D eigenvalue weighted by molar-refractivity contribution is 5.78. The van der Waals surface area contributed by atoms with Crippen molar-refractivity contribution in [1.82, 2.24) is 9.47 Å². The van der Waals surface area contributed by atoms with Gasteiger partial charge in [0.05, 0.1) is 6.54 Å². The number of nitrogens with zero attached hydrogens (tertiary/aromatic N) is 2. The number of amides is 1. The molecule has 2 heterocycles. The van der Waals surface area contributed by atoms with E-state index in [0.29, 0.717) is 18.2 Å². The maximum atomic E-state index is 12.6. The van der Waals surface area contributed by atoms with Crippen LogP contribution in [0.5, 0.6) is 5.75 Å². The molecule has 2 aliphatic rings. The van der Waals surface area contributed by atoms with Gasteiger partial charge in [0.15, 0.2) is 6.61 Å². The number of benzene rings is 1. The third kappa shape index (κ3) is 6.05. The molecule has 4 rings (SSSR count). The number of rotatable bonds is 5. The topological polar surface area (TPSA) is 51.5 Å². The minimum Gasteiger partial charge on any atom is -0.484 e. The van der Waals surface area contributed by atoms with Crippen molar-refractivity contribution in [3.8, 4) is 30.4 Å². The van der Waals surface area contributed by atoms with E-state index in [-0.39, 0.29) is 23.5 Å². The largest absolute Gasteiger partial charge is 0.484 e. The zero-order valence-corrected chi connectivity index (χ0v) is 19.1. The Balaban J connectivity index is 0.00000141. The molecule has 0 radical (unpaired) electrons. The Morgan fingerprint density at radius 1 is 1.16 bits per heavy atom. The van der Waals surface area contributed by atoms with Crippen molar-refractivity contribution in [2.75, 3.05) is 19.7 Å². The number of terminal acetylenes is 1. The molecule has 0 N–H and O–H groups in total. The van der Waals surface area contributed by atoms with Crippen molar-refractivity contribution in [3.63, 3.8) is 0 Å². The van der Waals surface area contributed by atoms with Crippen LogP contribution in [0.2, 0.25) is 0 Å². The second kappa shape index (κ2) is 9.79. The Morgan fingerprint density at radius 3 is 2.38 bits per heavy atom. The van der Waals surface area contributed by atoms with Crippen LogP contribution in [0.25, 0.3) is 0 Å². The molecule has 0 atom stereocenters. The first-order chi connectivity index (χ1) is 15.3. The summed E-state index contributed by atoms with van der Waals surface area (Å²) in [4.78, 5) is 26.6. The van der Waals surface area contributed by atoms with Crippen molar-refractivity contribution >= 4 is 5.91 Å². The quantitative estimate of drug-likeness (QED) is 0.683. The lowest BCUT2D eigenvalue weighted by atomic mass is 9.84. The first-order valence-corrected chi connectivity index (χ1v) is 10.8. The van der Waals surface area contributed by atoms with Crippen molar-refractivity contribution < 1.29 is 9.53 Å². The Morgan fingerprint density at radius 2 is 1.81 bits per heavy atom. The summed E-state index contributed by atoms with van der Waals surface area (Å²) < 4.78 is 7.31. The first kappa shape index (κ1) is 23.2. The summed E-state index contributed by atoms with van der Waals surface area (Å²) in [5.41, 5.74) is 2.90. The van der Waals surface area contributed by atoms with E-state index in [1.54, 1.807) is 9.47 Å². The van der Waals surface area contributed by atoms with Gasteiger partial charge in [-0.3, -0.25) is 9.59 Å². The highest BCUT2D eigenvalue weighted by Crippen LogP contribution is 2.28. The van der Waals surface area contributed by atoms with Crippen LogP contribution in [0, 0.1) is 42.9 Å². The molecule has 166 valence electrons. The Bertz CT molecular complexity index is 1100.